The first-order valence-corrected chi connectivity index (χ1v) is 12.6. The van der Waals surface area contributed by atoms with Crippen molar-refractivity contribution in [2.45, 2.75) is 84.1 Å². The lowest BCUT2D eigenvalue weighted by atomic mass is 9.88. The van der Waals surface area contributed by atoms with Gasteiger partial charge < -0.3 is 24.6 Å². The lowest BCUT2D eigenvalue weighted by Crippen LogP contribution is -2.50. The van der Waals surface area contributed by atoms with Gasteiger partial charge in [-0.1, -0.05) is 41.5 Å². The fourth-order valence-electron chi connectivity index (χ4n) is 4.13. The zero-order chi connectivity index (χ0) is 24.8. The fraction of sp³-hybridized carbons (Fsp3) is 0.654. The van der Waals surface area contributed by atoms with Crippen molar-refractivity contribution in [2.24, 2.45) is 5.41 Å². The molecule has 0 aliphatic carbocycles. The van der Waals surface area contributed by atoms with Gasteiger partial charge in [0, 0.05) is 36.3 Å². The van der Waals surface area contributed by atoms with Crippen LogP contribution >= 0.6 is 11.8 Å². The highest BCUT2D eigenvalue weighted by Crippen LogP contribution is 2.44. The third-order valence-corrected chi connectivity index (χ3v) is 6.52. The zero-order valence-corrected chi connectivity index (χ0v) is 22.6. The van der Waals surface area contributed by atoms with E-state index in [9.17, 15) is 9.90 Å². The SMILES string of the molecule is CC(C)(C)Cc1c(SC(C)(C)C)[nH]c2c(N3CCN(C(=O)OC(C)(C)C)CC3)c(O)ccc12. The van der Waals surface area contributed by atoms with Crippen LogP contribution in [0.3, 0.4) is 0 Å². The molecule has 1 aromatic carbocycles. The molecule has 1 aromatic heterocycles. The number of ether oxygens (including phenoxy) is 1. The minimum atomic E-state index is -0.507. The summed E-state index contributed by atoms with van der Waals surface area (Å²) < 4.78 is 5.60. The Labute approximate surface area is 203 Å². The Balaban J connectivity index is 1.95. The standard InChI is InChI=1S/C26H41N3O3S/c1-24(2,3)16-18-17-10-11-19(30)21(20(17)27-22(18)33-26(7,8)9)28-12-14-29(15-13-28)23(31)32-25(4,5)6/h10-11,27,30H,12-16H2,1-9H3. The Morgan fingerprint density at radius 2 is 1.64 bits per heavy atom. The number of hydrogen-bond acceptors (Lipinski definition) is 5. The van der Waals surface area contributed by atoms with Crippen LogP contribution in [0.15, 0.2) is 17.2 Å². The molecule has 0 radical (unpaired) electrons. The van der Waals surface area contributed by atoms with Crippen LogP contribution in [0.4, 0.5) is 10.5 Å². The van der Waals surface area contributed by atoms with Gasteiger partial charge >= 0.3 is 6.09 Å². The van der Waals surface area contributed by atoms with Gasteiger partial charge in [0.25, 0.3) is 0 Å². The summed E-state index contributed by atoms with van der Waals surface area (Å²) in [5.74, 6) is 0.268. The van der Waals surface area contributed by atoms with E-state index in [0.717, 1.165) is 17.6 Å². The van der Waals surface area contributed by atoms with Crippen LogP contribution in [0.1, 0.15) is 67.9 Å². The van der Waals surface area contributed by atoms with Crippen molar-refractivity contribution in [1.82, 2.24) is 9.88 Å². The Bertz CT molecular complexity index is 1000. The molecule has 2 heterocycles. The minimum absolute atomic E-state index is 0.0642. The molecule has 7 heteroatoms. The van der Waals surface area contributed by atoms with Gasteiger partial charge in [0.1, 0.15) is 17.0 Å². The summed E-state index contributed by atoms with van der Waals surface area (Å²) in [6.45, 7) is 21.5. The number of thioether (sulfide) groups is 1. The highest BCUT2D eigenvalue weighted by Gasteiger charge is 2.30. The number of carbonyl (C=O) groups is 1. The Kier molecular flexibility index (Phi) is 6.96. The second-order valence-electron chi connectivity index (χ2n) is 12.2. The maximum absolute atomic E-state index is 12.5. The van der Waals surface area contributed by atoms with E-state index < -0.39 is 5.60 Å². The molecule has 1 aliphatic heterocycles. The third kappa shape index (κ3) is 6.52. The van der Waals surface area contributed by atoms with Gasteiger partial charge in [0.05, 0.1) is 10.5 Å². The summed E-state index contributed by atoms with van der Waals surface area (Å²) in [6.07, 6.45) is 0.669. The van der Waals surface area contributed by atoms with Gasteiger partial charge in [-0.2, -0.15) is 0 Å². The second-order valence-corrected chi connectivity index (χ2v) is 14.0. The van der Waals surface area contributed by atoms with E-state index in [1.165, 1.54) is 16.0 Å². The summed E-state index contributed by atoms with van der Waals surface area (Å²) >= 11 is 1.84. The van der Waals surface area contributed by atoms with E-state index in [1.807, 2.05) is 44.7 Å². The van der Waals surface area contributed by atoms with Crippen LogP contribution in [-0.4, -0.2) is 57.6 Å². The number of aromatic nitrogens is 1. The lowest BCUT2D eigenvalue weighted by molar-refractivity contribution is 0.0240. The van der Waals surface area contributed by atoms with Gasteiger partial charge in [0.15, 0.2) is 0 Å². The lowest BCUT2D eigenvalue weighted by Gasteiger charge is -2.37. The van der Waals surface area contributed by atoms with E-state index in [0.29, 0.717) is 26.2 Å². The maximum atomic E-state index is 12.5. The number of nitrogens with one attached hydrogen (secondary N) is 1. The fourth-order valence-corrected chi connectivity index (χ4v) is 5.20. The first-order chi connectivity index (χ1) is 15.0. The quantitative estimate of drug-likeness (QED) is 0.502. The highest BCUT2D eigenvalue weighted by molar-refractivity contribution is 8.00. The number of amides is 1. The number of anilines is 1. The van der Waals surface area contributed by atoms with Crippen molar-refractivity contribution in [3.63, 3.8) is 0 Å². The Morgan fingerprint density at radius 1 is 1.03 bits per heavy atom. The average Bonchev–Trinajstić information content (AvgIpc) is 2.94. The van der Waals surface area contributed by atoms with Crippen molar-refractivity contribution < 1.29 is 14.6 Å². The largest absolute Gasteiger partial charge is 0.506 e. The van der Waals surface area contributed by atoms with Crippen LogP contribution in [0.2, 0.25) is 0 Å². The molecule has 6 nitrogen and oxygen atoms in total. The molecule has 1 aliphatic rings. The molecule has 0 saturated carbocycles. The molecule has 0 bridgehead atoms. The van der Waals surface area contributed by atoms with Gasteiger partial charge in [0.2, 0.25) is 0 Å². The molecule has 1 amide bonds. The van der Waals surface area contributed by atoms with Gasteiger partial charge in [-0.3, -0.25) is 0 Å². The number of phenols is 1. The van der Waals surface area contributed by atoms with Crippen LogP contribution in [0, 0.1) is 5.41 Å². The number of piperazine rings is 1. The summed E-state index contributed by atoms with van der Waals surface area (Å²) in [7, 11) is 0. The molecule has 3 rings (SSSR count). The van der Waals surface area contributed by atoms with Crippen molar-refractivity contribution in [1.29, 1.82) is 0 Å². The zero-order valence-electron chi connectivity index (χ0n) is 21.8. The van der Waals surface area contributed by atoms with E-state index in [-0.39, 0.29) is 22.0 Å². The Morgan fingerprint density at radius 3 is 2.15 bits per heavy atom. The van der Waals surface area contributed by atoms with Gasteiger partial charge in [-0.15, -0.1) is 11.8 Å². The molecule has 0 unspecified atom stereocenters. The van der Waals surface area contributed by atoms with Crippen LogP contribution in [0.25, 0.3) is 10.9 Å². The van der Waals surface area contributed by atoms with Gasteiger partial charge in [-0.05, 0) is 50.3 Å². The summed E-state index contributed by atoms with van der Waals surface area (Å²) in [6, 6.07) is 3.85. The van der Waals surface area contributed by atoms with Crippen LogP contribution < -0.4 is 4.90 Å². The molecule has 0 spiro atoms. The first-order valence-electron chi connectivity index (χ1n) is 11.8. The third-order valence-electron chi connectivity index (χ3n) is 5.36. The second kappa shape index (κ2) is 8.97. The monoisotopic (exact) mass is 475 g/mol. The molecule has 1 saturated heterocycles. The number of aromatic hydroxyl groups is 1. The van der Waals surface area contributed by atoms with Crippen molar-refractivity contribution >= 4 is 34.4 Å². The van der Waals surface area contributed by atoms with E-state index >= 15 is 0 Å². The molecule has 2 N–H and O–H groups in total. The Hall–Kier alpha value is -2.02. The van der Waals surface area contributed by atoms with E-state index in [1.54, 1.807) is 4.90 Å². The average molecular weight is 476 g/mol. The number of hydrogen-bond donors (Lipinski definition) is 2. The molecule has 1 fully saturated rings. The molecule has 2 aromatic rings. The number of rotatable bonds is 3. The van der Waals surface area contributed by atoms with Crippen LogP contribution in [0.5, 0.6) is 5.75 Å². The maximum Gasteiger partial charge on any atom is 0.410 e. The number of phenolic OH excluding ortho intramolecular Hbond substituents is 1. The molecular weight excluding hydrogens is 434 g/mol. The van der Waals surface area contributed by atoms with E-state index in [2.05, 4.69) is 51.4 Å². The number of benzene rings is 1. The number of fused-ring (bicyclic) bond motifs is 1. The predicted octanol–water partition coefficient (Wildman–Crippen LogP) is 6.41. The molecule has 33 heavy (non-hydrogen) atoms. The molecule has 0 atom stereocenters. The predicted molar refractivity (Wildman–Crippen MR) is 139 cm³/mol. The highest BCUT2D eigenvalue weighted by atomic mass is 32.2. The van der Waals surface area contributed by atoms with E-state index in [4.69, 9.17) is 4.74 Å². The first kappa shape index (κ1) is 25.6. The number of H-pyrrole nitrogens is 1. The van der Waals surface area contributed by atoms with Gasteiger partial charge in [-0.25, -0.2) is 4.79 Å². The summed E-state index contributed by atoms with van der Waals surface area (Å²) in [5.41, 5.74) is 2.75. The summed E-state index contributed by atoms with van der Waals surface area (Å²) in [5, 5.41) is 13.2. The number of aromatic amines is 1. The topological polar surface area (TPSA) is 68.8 Å². The van der Waals surface area contributed by atoms with Crippen molar-refractivity contribution in [3.05, 3.63) is 17.7 Å². The van der Waals surface area contributed by atoms with Crippen molar-refractivity contribution in [3.8, 4) is 5.75 Å². The molecular formula is C26H41N3O3S. The summed E-state index contributed by atoms with van der Waals surface area (Å²) in [4.78, 5) is 20.1. The number of nitrogens with zero attached hydrogens (tertiary/aromatic N) is 2. The normalized spacial score (nSPS) is 15.9. The van der Waals surface area contributed by atoms with Crippen LogP contribution in [-0.2, 0) is 11.2 Å². The smallest absolute Gasteiger partial charge is 0.410 e. The minimum Gasteiger partial charge on any atom is -0.506 e. The molecule has 184 valence electrons. The number of carbonyl (C=O) groups excluding carboxylic acids is 1. The van der Waals surface area contributed by atoms with Crippen molar-refractivity contribution in [2.75, 3.05) is 31.1 Å².